The molecule has 20 heavy (non-hydrogen) atoms. The Hall–Kier alpha value is -1.51. The second-order valence-corrected chi connectivity index (χ2v) is 5.70. The number of anilines is 1. The lowest BCUT2D eigenvalue weighted by Gasteiger charge is -2.35. The van der Waals surface area contributed by atoms with Crippen molar-refractivity contribution in [2.24, 2.45) is 0 Å². The lowest BCUT2D eigenvalue weighted by molar-refractivity contribution is 0.455. The number of rotatable bonds is 3. The van der Waals surface area contributed by atoms with Crippen LogP contribution >= 0.6 is 11.6 Å². The van der Waals surface area contributed by atoms with Crippen LogP contribution in [0.2, 0.25) is 5.02 Å². The van der Waals surface area contributed by atoms with Gasteiger partial charge in [-0.2, -0.15) is 0 Å². The first-order valence-electron chi connectivity index (χ1n) is 7.09. The van der Waals surface area contributed by atoms with Gasteiger partial charge in [0, 0.05) is 36.4 Å². The normalized spacial score (nSPS) is 19.1. The molecule has 0 aromatic heterocycles. The minimum atomic E-state index is 0.502. The van der Waals surface area contributed by atoms with E-state index in [2.05, 4.69) is 52.7 Å². The zero-order valence-corrected chi connectivity index (χ0v) is 12.2. The molecule has 1 aliphatic rings. The Kier molecular flexibility index (Phi) is 4.24. The minimum absolute atomic E-state index is 0.502. The maximum Gasteiger partial charge on any atom is 0.0407 e. The molecule has 1 aliphatic heterocycles. The van der Waals surface area contributed by atoms with Gasteiger partial charge in [-0.1, -0.05) is 41.9 Å². The van der Waals surface area contributed by atoms with Crippen molar-refractivity contribution in [2.45, 2.75) is 12.5 Å². The number of piperazine rings is 1. The van der Waals surface area contributed by atoms with Crippen LogP contribution in [0.3, 0.4) is 0 Å². The van der Waals surface area contributed by atoms with Gasteiger partial charge in [0.2, 0.25) is 0 Å². The topological polar surface area (TPSA) is 15.3 Å². The van der Waals surface area contributed by atoms with Crippen molar-refractivity contribution in [3.63, 3.8) is 0 Å². The van der Waals surface area contributed by atoms with Crippen LogP contribution in [0.25, 0.3) is 0 Å². The van der Waals surface area contributed by atoms with Crippen molar-refractivity contribution >= 4 is 17.3 Å². The van der Waals surface area contributed by atoms with Gasteiger partial charge in [-0.3, -0.25) is 0 Å². The van der Waals surface area contributed by atoms with Crippen molar-refractivity contribution < 1.29 is 0 Å². The highest BCUT2D eigenvalue weighted by Crippen LogP contribution is 2.20. The molecule has 1 unspecified atom stereocenters. The molecule has 1 N–H and O–H groups in total. The summed E-state index contributed by atoms with van der Waals surface area (Å²) in [4.78, 5) is 2.43. The first-order chi connectivity index (χ1) is 9.81. The average molecular weight is 287 g/mol. The molecule has 2 nitrogen and oxygen atoms in total. The number of hydrogen-bond donors (Lipinski definition) is 1. The van der Waals surface area contributed by atoms with Crippen LogP contribution in [0, 0.1) is 0 Å². The SMILES string of the molecule is Clc1ccc(N2CCNC(Cc3ccccc3)C2)cc1. The molecule has 2 aromatic carbocycles. The summed E-state index contributed by atoms with van der Waals surface area (Å²) in [5.41, 5.74) is 2.65. The number of nitrogens with zero attached hydrogens (tertiary/aromatic N) is 1. The maximum atomic E-state index is 5.96. The van der Waals surface area contributed by atoms with E-state index in [0.717, 1.165) is 31.1 Å². The highest BCUT2D eigenvalue weighted by atomic mass is 35.5. The van der Waals surface area contributed by atoms with Crippen molar-refractivity contribution in [3.05, 3.63) is 65.2 Å². The Morgan fingerprint density at radius 1 is 1.05 bits per heavy atom. The van der Waals surface area contributed by atoms with Gasteiger partial charge in [-0.05, 0) is 36.2 Å². The van der Waals surface area contributed by atoms with E-state index in [-0.39, 0.29) is 0 Å². The lowest BCUT2D eigenvalue weighted by atomic mass is 10.0. The number of halogens is 1. The van der Waals surface area contributed by atoms with Gasteiger partial charge in [0.25, 0.3) is 0 Å². The van der Waals surface area contributed by atoms with Gasteiger partial charge in [0.05, 0.1) is 0 Å². The van der Waals surface area contributed by atoms with Crippen molar-refractivity contribution in [2.75, 3.05) is 24.5 Å². The zero-order chi connectivity index (χ0) is 13.8. The van der Waals surface area contributed by atoms with E-state index in [0.29, 0.717) is 6.04 Å². The monoisotopic (exact) mass is 286 g/mol. The van der Waals surface area contributed by atoms with Crippen LogP contribution in [-0.2, 0) is 6.42 Å². The number of hydrogen-bond acceptors (Lipinski definition) is 2. The van der Waals surface area contributed by atoms with E-state index in [1.54, 1.807) is 0 Å². The summed E-state index contributed by atoms with van der Waals surface area (Å²) in [6.45, 7) is 3.11. The average Bonchev–Trinajstić information content (AvgIpc) is 2.49. The Balaban J connectivity index is 1.66. The molecule has 1 saturated heterocycles. The Labute approximate surface area is 125 Å². The van der Waals surface area contributed by atoms with Crippen LogP contribution in [0.4, 0.5) is 5.69 Å². The van der Waals surface area contributed by atoms with Gasteiger partial charge in [-0.15, -0.1) is 0 Å². The van der Waals surface area contributed by atoms with Gasteiger partial charge >= 0.3 is 0 Å². The molecule has 0 saturated carbocycles. The fourth-order valence-electron chi connectivity index (χ4n) is 2.75. The molecular formula is C17H19ClN2. The predicted molar refractivity (Wildman–Crippen MR) is 85.6 cm³/mol. The summed E-state index contributed by atoms with van der Waals surface area (Å²) in [5.74, 6) is 0. The van der Waals surface area contributed by atoms with E-state index in [4.69, 9.17) is 11.6 Å². The molecular weight excluding hydrogens is 268 g/mol. The molecule has 1 atom stereocenters. The molecule has 2 aromatic rings. The second-order valence-electron chi connectivity index (χ2n) is 5.26. The standard InChI is InChI=1S/C17H19ClN2/c18-15-6-8-17(9-7-15)20-11-10-19-16(13-20)12-14-4-2-1-3-5-14/h1-9,16,19H,10-13H2. The van der Waals surface area contributed by atoms with Gasteiger partial charge < -0.3 is 10.2 Å². The fourth-order valence-corrected chi connectivity index (χ4v) is 2.87. The molecule has 104 valence electrons. The predicted octanol–water partition coefficient (Wildman–Crippen LogP) is 3.36. The van der Waals surface area contributed by atoms with Crippen LogP contribution < -0.4 is 10.2 Å². The summed E-state index contributed by atoms with van der Waals surface area (Å²) in [6.07, 6.45) is 1.07. The maximum absolute atomic E-state index is 5.96. The third kappa shape index (κ3) is 3.33. The zero-order valence-electron chi connectivity index (χ0n) is 11.4. The van der Waals surface area contributed by atoms with Crippen molar-refractivity contribution in [1.82, 2.24) is 5.32 Å². The van der Waals surface area contributed by atoms with Crippen LogP contribution in [-0.4, -0.2) is 25.7 Å². The highest BCUT2D eigenvalue weighted by Gasteiger charge is 2.19. The minimum Gasteiger partial charge on any atom is -0.369 e. The third-order valence-corrected chi connectivity index (χ3v) is 4.02. The van der Waals surface area contributed by atoms with E-state index >= 15 is 0 Å². The third-order valence-electron chi connectivity index (χ3n) is 3.77. The van der Waals surface area contributed by atoms with E-state index in [9.17, 15) is 0 Å². The Bertz CT molecular complexity index is 539. The molecule has 0 spiro atoms. The van der Waals surface area contributed by atoms with Crippen molar-refractivity contribution in [1.29, 1.82) is 0 Å². The van der Waals surface area contributed by atoms with Gasteiger partial charge in [0.15, 0.2) is 0 Å². The van der Waals surface area contributed by atoms with E-state index < -0.39 is 0 Å². The smallest absolute Gasteiger partial charge is 0.0407 e. The molecule has 0 radical (unpaired) electrons. The summed E-state index contributed by atoms with van der Waals surface area (Å²) >= 11 is 5.96. The second kappa shape index (κ2) is 6.29. The van der Waals surface area contributed by atoms with Gasteiger partial charge in [0.1, 0.15) is 0 Å². The fraction of sp³-hybridized carbons (Fsp3) is 0.294. The van der Waals surface area contributed by atoms with E-state index in [1.807, 2.05) is 12.1 Å². The Morgan fingerprint density at radius 2 is 1.80 bits per heavy atom. The molecule has 1 fully saturated rings. The lowest BCUT2D eigenvalue weighted by Crippen LogP contribution is -2.51. The molecule has 1 heterocycles. The molecule has 3 heteroatoms. The highest BCUT2D eigenvalue weighted by molar-refractivity contribution is 6.30. The van der Waals surface area contributed by atoms with Gasteiger partial charge in [-0.25, -0.2) is 0 Å². The van der Waals surface area contributed by atoms with Crippen LogP contribution in [0.1, 0.15) is 5.56 Å². The summed E-state index contributed by atoms with van der Waals surface area (Å²) < 4.78 is 0. The van der Waals surface area contributed by atoms with E-state index in [1.165, 1.54) is 11.3 Å². The summed E-state index contributed by atoms with van der Waals surface area (Å²) in [7, 11) is 0. The number of benzene rings is 2. The number of nitrogens with one attached hydrogen (secondary N) is 1. The molecule has 3 rings (SSSR count). The van der Waals surface area contributed by atoms with Crippen LogP contribution in [0.15, 0.2) is 54.6 Å². The molecule has 0 amide bonds. The first kappa shape index (κ1) is 13.5. The molecule has 0 bridgehead atoms. The summed E-state index contributed by atoms with van der Waals surface area (Å²) in [6, 6.07) is 19.3. The first-order valence-corrected chi connectivity index (χ1v) is 7.47. The largest absolute Gasteiger partial charge is 0.369 e. The Morgan fingerprint density at radius 3 is 2.55 bits per heavy atom. The summed E-state index contributed by atoms with van der Waals surface area (Å²) in [5, 5.41) is 4.41. The van der Waals surface area contributed by atoms with Crippen LogP contribution in [0.5, 0.6) is 0 Å². The van der Waals surface area contributed by atoms with Crippen molar-refractivity contribution in [3.8, 4) is 0 Å². The molecule has 0 aliphatic carbocycles. The quantitative estimate of drug-likeness (QED) is 0.931.